The fourth-order valence-electron chi connectivity index (χ4n) is 2.14. The maximum atomic E-state index is 10.2. The number of allylic oxidation sites excluding steroid dienone is 3. The number of hydrogen-bond donors (Lipinski definition) is 3. The number of nitrogens with one attached hydrogen (secondary N) is 1. The molecule has 0 bridgehead atoms. The zero-order valence-electron chi connectivity index (χ0n) is 12.4. The summed E-state index contributed by atoms with van der Waals surface area (Å²) in [6.45, 7) is 7.07. The Labute approximate surface area is 133 Å². The van der Waals surface area contributed by atoms with E-state index in [4.69, 9.17) is 12.2 Å². The molecule has 0 unspecified atom stereocenters. The molecule has 0 aliphatic carbocycles. The number of aryl methyl sites for hydroxylation is 1. The number of para-hydroxylation sites is 1. The van der Waals surface area contributed by atoms with Crippen molar-refractivity contribution in [3.05, 3.63) is 70.7 Å². The molecule has 1 aromatic heterocycles. The minimum atomic E-state index is -0.242. The van der Waals surface area contributed by atoms with Crippen molar-refractivity contribution in [1.29, 1.82) is 0 Å². The molecule has 0 spiro atoms. The maximum absolute atomic E-state index is 10.2. The summed E-state index contributed by atoms with van der Waals surface area (Å²) in [5, 5.41) is 26.3. The minimum Gasteiger partial charge on any atom is -0.508 e. The van der Waals surface area contributed by atoms with E-state index >= 15 is 0 Å². The van der Waals surface area contributed by atoms with E-state index in [0.717, 1.165) is 17.3 Å². The largest absolute Gasteiger partial charge is 0.508 e. The zero-order chi connectivity index (χ0) is 16.3. The molecule has 0 saturated carbocycles. The van der Waals surface area contributed by atoms with Crippen LogP contribution in [0.4, 0.5) is 0 Å². The van der Waals surface area contributed by atoms with Crippen LogP contribution in [0.25, 0.3) is 11.3 Å². The van der Waals surface area contributed by atoms with Gasteiger partial charge in [0.05, 0.1) is 11.3 Å². The highest BCUT2D eigenvalue weighted by Crippen LogP contribution is 2.24. The van der Waals surface area contributed by atoms with Crippen molar-refractivity contribution in [2.45, 2.75) is 13.8 Å². The molecule has 5 nitrogen and oxygen atoms in total. The number of hydrogen-bond acceptors (Lipinski definition) is 4. The number of nitrogens with zero attached hydrogens (tertiary/aromatic N) is 2. The van der Waals surface area contributed by atoms with Crippen molar-refractivity contribution in [3.8, 4) is 5.69 Å². The van der Waals surface area contributed by atoms with E-state index in [0.29, 0.717) is 16.2 Å². The molecule has 0 aliphatic heterocycles. The van der Waals surface area contributed by atoms with E-state index in [1.54, 1.807) is 17.6 Å². The molecule has 0 saturated heterocycles. The van der Waals surface area contributed by atoms with Crippen LogP contribution in [-0.4, -0.2) is 25.0 Å². The average Bonchev–Trinajstić information content (AvgIpc) is 2.81. The van der Waals surface area contributed by atoms with Gasteiger partial charge >= 0.3 is 0 Å². The quantitative estimate of drug-likeness (QED) is 0.450. The second-order valence-electron chi connectivity index (χ2n) is 4.70. The van der Waals surface area contributed by atoms with Crippen molar-refractivity contribution < 1.29 is 10.2 Å². The molecule has 1 heterocycles. The normalized spacial score (nSPS) is 12.5. The predicted molar refractivity (Wildman–Crippen MR) is 89.6 cm³/mol. The van der Waals surface area contributed by atoms with Gasteiger partial charge in [-0.1, -0.05) is 30.9 Å². The van der Waals surface area contributed by atoms with Crippen LogP contribution in [0.3, 0.4) is 0 Å². The SMILES string of the molecule is C=C(O)/C=C(O)\C(=C/C)c1n[nH]c(=S)n1-c1ccccc1C. The molecule has 0 aliphatic rings. The average molecular weight is 315 g/mol. The second-order valence-corrected chi connectivity index (χ2v) is 5.08. The predicted octanol–water partition coefficient (Wildman–Crippen LogP) is 4.16. The van der Waals surface area contributed by atoms with Crippen molar-refractivity contribution in [1.82, 2.24) is 14.8 Å². The first-order valence-electron chi connectivity index (χ1n) is 6.64. The van der Waals surface area contributed by atoms with E-state index in [2.05, 4.69) is 16.8 Å². The Morgan fingerprint density at radius 3 is 2.64 bits per heavy atom. The van der Waals surface area contributed by atoms with Crippen molar-refractivity contribution in [2.24, 2.45) is 0 Å². The molecule has 0 radical (unpaired) electrons. The Bertz CT molecular complexity index is 828. The van der Waals surface area contributed by atoms with Gasteiger partial charge in [0.2, 0.25) is 0 Å². The molecule has 2 aromatic rings. The first kappa shape index (κ1) is 15.8. The first-order chi connectivity index (χ1) is 10.5. The number of rotatable bonds is 4. The molecule has 6 heteroatoms. The van der Waals surface area contributed by atoms with Crippen LogP contribution < -0.4 is 0 Å². The molecule has 0 amide bonds. The fourth-order valence-corrected chi connectivity index (χ4v) is 2.37. The lowest BCUT2D eigenvalue weighted by atomic mass is 10.1. The molecule has 22 heavy (non-hydrogen) atoms. The van der Waals surface area contributed by atoms with Gasteiger partial charge in [-0.25, -0.2) is 0 Å². The molecule has 3 N–H and O–H groups in total. The summed E-state index contributed by atoms with van der Waals surface area (Å²) in [6.07, 6.45) is 2.85. The Morgan fingerprint density at radius 1 is 1.36 bits per heavy atom. The smallest absolute Gasteiger partial charge is 0.200 e. The van der Waals surface area contributed by atoms with Gasteiger partial charge < -0.3 is 10.2 Å². The molecular weight excluding hydrogens is 298 g/mol. The highest BCUT2D eigenvalue weighted by molar-refractivity contribution is 7.71. The number of benzene rings is 1. The Hall–Kier alpha value is -2.60. The third kappa shape index (κ3) is 3.01. The summed E-state index contributed by atoms with van der Waals surface area (Å²) in [6, 6.07) is 7.73. The number of aliphatic hydroxyl groups excluding tert-OH is 2. The summed E-state index contributed by atoms with van der Waals surface area (Å²) < 4.78 is 2.16. The molecular formula is C16H17N3O2S. The van der Waals surface area contributed by atoms with Gasteiger partial charge in [-0.2, -0.15) is 5.10 Å². The number of aromatic amines is 1. The van der Waals surface area contributed by atoms with Gasteiger partial charge in [0, 0.05) is 6.08 Å². The van der Waals surface area contributed by atoms with Gasteiger partial charge in [0.1, 0.15) is 11.5 Å². The van der Waals surface area contributed by atoms with Crippen LogP contribution in [0.2, 0.25) is 0 Å². The maximum Gasteiger partial charge on any atom is 0.200 e. The fraction of sp³-hybridized carbons (Fsp3) is 0.125. The zero-order valence-corrected chi connectivity index (χ0v) is 13.2. The van der Waals surface area contributed by atoms with Crippen LogP contribution in [0.5, 0.6) is 0 Å². The standard InChI is InChI=1S/C16H17N3O2S/c1-4-12(14(21)9-11(3)20)15-17-18-16(22)19(15)13-8-6-5-7-10(13)2/h4-9,20-21H,3H2,1-2H3,(H,18,22)/b12-4+,14-9+. The monoisotopic (exact) mass is 315 g/mol. The number of H-pyrrole nitrogens is 1. The Balaban J connectivity index is 2.67. The number of aromatic nitrogens is 3. The highest BCUT2D eigenvalue weighted by Gasteiger charge is 2.16. The van der Waals surface area contributed by atoms with E-state index in [9.17, 15) is 10.2 Å². The molecule has 0 atom stereocenters. The van der Waals surface area contributed by atoms with E-state index in [1.807, 2.05) is 31.2 Å². The van der Waals surface area contributed by atoms with Crippen LogP contribution in [0, 0.1) is 11.7 Å². The lowest BCUT2D eigenvalue weighted by Crippen LogP contribution is -2.04. The summed E-state index contributed by atoms with van der Waals surface area (Å²) >= 11 is 5.31. The molecule has 114 valence electrons. The second kappa shape index (κ2) is 6.44. The van der Waals surface area contributed by atoms with Crippen molar-refractivity contribution in [2.75, 3.05) is 0 Å². The van der Waals surface area contributed by atoms with Crippen LogP contribution in [-0.2, 0) is 0 Å². The molecule has 1 aromatic carbocycles. The Morgan fingerprint density at radius 2 is 2.05 bits per heavy atom. The third-order valence-corrected chi connectivity index (χ3v) is 3.41. The van der Waals surface area contributed by atoms with Crippen LogP contribution >= 0.6 is 12.2 Å². The van der Waals surface area contributed by atoms with Crippen LogP contribution in [0.1, 0.15) is 18.3 Å². The molecule has 0 fully saturated rings. The number of aliphatic hydroxyl groups is 2. The van der Waals surface area contributed by atoms with E-state index < -0.39 is 0 Å². The van der Waals surface area contributed by atoms with E-state index in [1.165, 1.54) is 0 Å². The third-order valence-electron chi connectivity index (χ3n) is 3.14. The summed E-state index contributed by atoms with van der Waals surface area (Å²) in [5.41, 5.74) is 2.32. The summed E-state index contributed by atoms with van der Waals surface area (Å²) in [4.78, 5) is 0. The minimum absolute atomic E-state index is 0.140. The van der Waals surface area contributed by atoms with Gasteiger partial charge in [-0.15, -0.1) is 0 Å². The summed E-state index contributed by atoms with van der Waals surface area (Å²) in [5.74, 6) is 0.0732. The van der Waals surface area contributed by atoms with Gasteiger partial charge in [-0.3, -0.25) is 9.67 Å². The molecule has 2 rings (SSSR count). The van der Waals surface area contributed by atoms with Gasteiger partial charge in [0.15, 0.2) is 10.6 Å². The first-order valence-corrected chi connectivity index (χ1v) is 7.05. The highest BCUT2D eigenvalue weighted by atomic mass is 32.1. The van der Waals surface area contributed by atoms with Crippen LogP contribution in [0.15, 0.2) is 54.5 Å². The van der Waals surface area contributed by atoms with E-state index in [-0.39, 0.29) is 11.5 Å². The topological polar surface area (TPSA) is 74.1 Å². The van der Waals surface area contributed by atoms with Crippen molar-refractivity contribution in [3.63, 3.8) is 0 Å². The lowest BCUT2D eigenvalue weighted by molar-refractivity contribution is 0.408. The van der Waals surface area contributed by atoms with Crippen molar-refractivity contribution >= 4 is 17.8 Å². The Kier molecular flexibility index (Phi) is 4.62. The van der Waals surface area contributed by atoms with Gasteiger partial charge in [-0.05, 0) is 37.7 Å². The lowest BCUT2D eigenvalue weighted by Gasteiger charge is -2.11. The summed E-state index contributed by atoms with van der Waals surface area (Å²) in [7, 11) is 0. The van der Waals surface area contributed by atoms with Gasteiger partial charge in [0.25, 0.3) is 0 Å².